The number of hydrogen-bond acceptors (Lipinski definition) is 6. The van der Waals surface area contributed by atoms with E-state index < -0.39 is 11.9 Å². The van der Waals surface area contributed by atoms with Gasteiger partial charge in [-0.3, -0.25) is 0 Å². The van der Waals surface area contributed by atoms with Crippen LogP contribution in [-0.4, -0.2) is 30.1 Å². The molecule has 0 fully saturated rings. The predicted octanol–water partition coefficient (Wildman–Crippen LogP) is 2.38. The fourth-order valence-electron chi connectivity index (χ4n) is 1.75. The van der Waals surface area contributed by atoms with Crippen LogP contribution < -0.4 is 4.74 Å². The van der Waals surface area contributed by atoms with Gasteiger partial charge in [-0.1, -0.05) is 30.3 Å². The molecule has 1 aromatic heterocycles. The Bertz CT molecular complexity index is 657. The van der Waals surface area contributed by atoms with Crippen molar-refractivity contribution >= 4 is 11.9 Å². The molecule has 6 heteroatoms. The Kier molecular flexibility index (Phi) is 6.11. The zero-order valence-corrected chi connectivity index (χ0v) is 12.7. The van der Waals surface area contributed by atoms with Gasteiger partial charge in [0.05, 0.1) is 6.61 Å². The van der Waals surface area contributed by atoms with Gasteiger partial charge < -0.3 is 14.2 Å². The number of carbonyl (C=O) groups excluding carboxylic acids is 2. The number of aromatic nitrogens is 1. The molecule has 0 amide bonds. The maximum absolute atomic E-state index is 12.0. The van der Waals surface area contributed by atoms with Crippen LogP contribution in [-0.2, 0) is 20.9 Å². The molecule has 120 valence electrons. The van der Waals surface area contributed by atoms with E-state index in [0.717, 1.165) is 5.56 Å². The van der Waals surface area contributed by atoms with Gasteiger partial charge in [0.25, 0.3) is 0 Å². The van der Waals surface area contributed by atoms with Gasteiger partial charge in [0.1, 0.15) is 12.4 Å². The van der Waals surface area contributed by atoms with Crippen LogP contribution in [0, 0.1) is 0 Å². The van der Waals surface area contributed by atoms with E-state index >= 15 is 0 Å². The molecule has 0 atom stereocenters. The standard InChI is InChI=1S/C17H17NO5/c1-2-21-16(19)12-22-14-8-9-18-15(10-14)17(20)23-11-13-6-4-3-5-7-13/h3-10H,2,11-12H2,1H3. The molecule has 23 heavy (non-hydrogen) atoms. The van der Waals surface area contributed by atoms with Crippen molar-refractivity contribution in [1.82, 2.24) is 4.98 Å². The monoisotopic (exact) mass is 315 g/mol. The second-order valence-corrected chi connectivity index (χ2v) is 4.53. The van der Waals surface area contributed by atoms with E-state index in [4.69, 9.17) is 14.2 Å². The van der Waals surface area contributed by atoms with Crippen molar-refractivity contribution in [3.05, 3.63) is 59.9 Å². The Morgan fingerprint density at radius 2 is 1.87 bits per heavy atom. The summed E-state index contributed by atoms with van der Waals surface area (Å²) in [6.45, 7) is 1.94. The van der Waals surface area contributed by atoms with Crippen LogP contribution in [0.4, 0.5) is 0 Å². The van der Waals surface area contributed by atoms with Crippen LogP contribution in [0.25, 0.3) is 0 Å². The van der Waals surface area contributed by atoms with E-state index in [1.54, 1.807) is 13.0 Å². The van der Waals surface area contributed by atoms with Crippen molar-refractivity contribution in [2.75, 3.05) is 13.2 Å². The predicted molar refractivity (Wildman–Crippen MR) is 81.9 cm³/mol. The van der Waals surface area contributed by atoms with Crippen LogP contribution in [0.3, 0.4) is 0 Å². The summed E-state index contributed by atoms with van der Waals surface area (Å²) in [7, 11) is 0. The molecule has 0 unspecified atom stereocenters. The molecular formula is C17H17NO5. The molecule has 0 radical (unpaired) electrons. The topological polar surface area (TPSA) is 74.7 Å². The van der Waals surface area contributed by atoms with Crippen LogP contribution >= 0.6 is 0 Å². The average molecular weight is 315 g/mol. The van der Waals surface area contributed by atoms with Crippen LogP contribution in [0.15, 0.2) is 48.7 Å². The minimum atomic E-state index is -0.560. The summed E-state index contributed by atoms with van der Waals surface area (Å²) in [6.07, 6.45) is 1.42. The minimum Gasteiger partial charge on any atom is -0.482 e. The lowest BCUT2D eigenvalue weighted by molar-refractivity contribution is -0.145. The van der Waals surface area contributed by atoms with E-state index in [1.807, 2.05) is 30.3 Å². The van der Waals surface area contributed by atoms with Gasteiger partial charge in [-0.15, -0.1) is 0 Å². The maximum atomic E-state index is 12.0. The smallest absolute Gasteiger partial charge is 0.357 e. The van der Waals surface area contributed by atoms with Crippen molar-refractivity contribution in [3.63, 3.8) is 0 Å². The molecule has 0 aliphatic rings. The third-order valence-corrected chi connectivity index (χ3v) is 2.82. The van der Waals surface area contributed by atoms with Gasteiger partial charge in [0.15, 0.2) is 12.3 Å². The molecule has 2 rings (SSSR count). The summed E-state index contributed by atoms with van der Waals surface area (Å²) in [5, 5.41) is 0. The highest BCUT2D eigenvalue weighted by atomic mass is 16.6. The highest BCUT2D eigenvalue weighted by Gasteiger charge is 2.11. The van der Waals surface area contributed by atoms with Crippen molar-refractivity contribution in [2.24, 2.45) is 0 Å². The lowest BCUT2D eigenvalue weighted by atomic mass is 10.2. The van der Waals surface area contributed by atoms with Crippen molar-refractivity contribution < 1.29 is 23.8 Å². The first-order chi connectivity index (χ1) is 11.2. The van der Waals surface area contributed by atoms with Gasteiger partial charge >= 0.3 is 11.9 Å². The summed E-state index contributed by atoms with van der Waals surface area (Å²) in [6, 6.07) is 12.3. The molecule has 0 aliphatic carbocycles. The Hall–Kier alpha value is -2.89. The second kappa shape index (κ2) is 8.53. The molecule has 0 aliphatic heterocycles. The van der Waals surface area contributed by atoms with E-state index in [1.165, 1.54) is 12.3 Å². The normalized spacial score (nSPS) is 9.96. The molecule has 0 spiro atoms. The zero-order chi connectivity index (χ0) is 16.5. The SMILES string of the molecule is CCOC(=O)COc1ccnc(C(=O)OCc2ccccc2)c1. The number of pyridine rings is 1. The summed E-state index contributed by atoms with van der Waals surface area (Å²) in [5.41, 5.74) is 0.998. The molecular weight excluding hydrogens is 298 g/mol. The van der Waals surface area contributed by atoms with Crippen molar-refractivity contribution in [1.29, 1.82) is 0 Å². The van der Waals surface area contributed by atoms with Gasteiger partial charge in [-0.05, 0) is 18.6 Å². The quantitative estimate of drug-likeness (QED) is 0.730. The van der Waals surface area contributed by atoms with Gasteiger partial charge in [-0.25, -0.2) is 14.6 Å². The van der Waals surface area contributed by atoms with E-state index in [-0.39, 0.29) is 25.5 Å². The number of nitrogens with zero attached hydrogens (tertiary/aromatic N) is 1. The summed E-state index contributed by atoms with van der Waals surface area (Å²) in [5.74, 6) is -0.687. The Morgan fingerprint density at radius 3 is 2.61 bits per heavy atom. The zero-order valence-electron chi connectivity index (χ0n) is 12.7. The molecule has 0 saturated carbocycles. The highest BCUT2D eigenvalue weighted by molar-refractivity contribution is 5.87. The number of benzene rings is 1. The highest BCUT2D eigenvalue weighted by Crippen LogP contribution is 2.12. The Balaban J connectivity index is 1.90. The van der Waals surface area contributed by atoms with Crippen molar-refractivity contribution in [3.8, 4) is 5.75 Å². The molecule has 0 saturated heterocycles. The number of ether oxygens (including phenoxy) is 3. The Morgan fingerprint density at radius 1 is 1.09 bits per heavy atom. The summed E-state index contributed by atoms with van der Waals surface area (Å²) in [4.78, 5) is 27.2. The first-order valence-electron chi connectivity index (χ1n) is 7.14. The van der Waals surface area contributed by atoms with E-state index in [9.17, 15) is 9.59 Å². The molecule has 6 nitrogen and oxygen atoms in total. The number of rotatable bonds is 7. The Labute approximate surface area is 134 Å². The van der Waals surface area contributed by atoms with Gasteiger partial charge in [0.2, 0.25) is 0 Å². The van der Waals surface area contributed by atoms with E-state index in [2.05, 4.69) is 4.98 Å². The third kappa shape index (κ3) is 5.43. The molecule has 1 heterocycles. The van der Waals surface area contributed by atoms with Crippen LogP contribution in [0.1, 0.15) is 23.0 Å². The number of hydrogen-bond donors (Lipinski definition) is 0. The van der Waals surface area contributed by atoms with Gasteiger partial charge in [0, 0.05) is 12.3 Å². The largest absolute Gasteiger partial charge is 0.482 e. The number of carbonyl (C=O) groups is 2. The molecule has 1 aromatic carbocycles. The summed E-state index contributed by atoms with van der Waals surface area (Å²) >= 11 is 0. The van der Waals surface area contributed by atoms with Gasteiger partial charge in [-0.2, -0.15) is 0 Å². The van der Waals surface area contributed by atoms with Crippen LogP contribution in [0.2, 0.25) is 0 Å². The molecule has 2 aromatic rings. The molecule has 0 bridgehead atoms. The third-order valence-electron chi connectivity index (χ3n) is 2.82. The first-order valence-corrected chi connectivity index (χ1v) is 7.14. The lowest BCUT2D eigenvalue weighted by Gasteiger charge is -2.07. The maximum Gasteiger partial charge on any atom is 0.357 e. The average Bonchev–Trinajstić information content (AvgIpc) is 2.59. The lowest BCUT2D eigenvalue weighted by Crippen LogP contribution is -2.15. The second-order valence-electron chi connectivity index (χ2n) is 4.53. The number of esters is 2. The first kappa shape index (κ1) is 16.5. The van der Waals surface area contributed by atoms with E-state index in [0.29, 0.717) is 5.75 Å². The summed E-state index contributed by atoms with van der Waals surface area (Å²) < 4.78 is 15.2. The van der Waals surface area contributed by atoms with Crippen LogP contribution in [0.5, 0.6) is 5.75 Å². The van der Waals surface area contributed by atoms with Crippen molar-refractivity contribution in [2.45, 2.75) is 13.5 Å². The fourth-order valence-corrected chi connectivity index (χ4v) is 1.75. The minimum absolute atomic E-state index is 0.113. The fraction of sp³-hybridized carbons (Fsp3) is 0.235. The molecule has 0 N–H and O–H groups in total.